The van der Waals surface area contributed by atoms with Gasteiger partial charge in [-0.25, -0.2) is 27.9 Å². The van der Waals surface area contributed by atoms with Crippen molar-refractivity contribution in [2.45, 2.75) is 49.4 Å². The van der Waals surface area contributed by atoms with E-state index >= 15 is 0 Å². The molecule has 14 heteroatoms. The number of hydrogen-bond donors (Lipinski definition) is 0. The Bertz CT molecular complexity index is 1360. The summed E-state index contributed by atoms with van der Waals surface area (Å²) in [5, 5.41) is 4.93. The lowest BCUT2D eigenvalue weighted by atomic mass is 10.1. The van der Waals surface area contributed by atoms with E-state index in [1.807, 2.05) is 0 Å². The maximum atomic E-state index is 13.0. The fourth-order valence-corrected chi connectivity index (χ4v) is 4.32. The Labute approximate surface area is 204 Å². The van der Waals surface area contributed by atoms with Gasteiger partial charge >= 0.3 is 12.3 Å². The van der Waals surface area contributed by atoms with Gasteiger partial charge in [0.15, 0.2) is 15.5 Å². The van der Waals surface area contributed by atoms with Gasteiger partial charge < -0.3 is 14.4 Å². The second-order valence-corrected chi connectivity index (χ2v) is 11.0. The second-order valence-electron chi connectivity index (χ2n) is 8.95. The van der Waals surface area contributed by atoms with Gasteiger partial charge in [-0.15, -0.1) is 0 Å². The molecular weight excluding hydrogens is 503 g/mol. The molecule has 0 unspecified atom stereocenters. The van der Waals surface area contributed by atoms with Gasteiger partial charge in [0.2, 0.25) is 11.5 Å². The van der Waals surface area contributed by atoms with E-state index in [1.54, 1.807) is 10.9 Å². The molecule has 1 saturated heterocycles. The number of alkyl halides is 3. The zero-order chi connectivity index (χ0) is 26.3. The summed E-state index contributed by atoms with van der Waals surface area (Å²) in [5.74, 6) is 0.609. The van der Waals surface area contributed by atoms with Gasteiger partial charge in [-0.2, -0.15) is 18.3 Å². The third-order valence-electron chi connectivity index (χ3n) is 5.91. The summed E-state index contributed by atoms with van der Waals surface area (Å²) in [4.78, 5) is 22.1. The first-order valence-corrected chi connectivity index (χ1v) is 12.9. The molecule has 1 aromatic carbocycles. The van der Waals surface area contributed by atoms with Crippen molar-refractivity contribution in [3.8, 4) is 11.6 Å². The Morgan fingerprint density at radius 2 is 1.72 bits per heavy atom. The lowest BCUT2D eigenvalue weighted by molar-refractivity contribution is -0.246. The average Bonchev–Trinajstić information content (AvgIpc) is 3.23. The van der Waals surface area contributed by atoms with Gasteiger partial charge in [0.05, 0.1) is 17.1 Å². The quantitative estimate of drug-likeness (QED) is 0.486. The lowest BCUT2D eigenvalue weighted by Crippen LogP contribution is -2.48. The number of carbonyl (C=O) groups is 1. The number of amides is 1. The number of likely N-dealkylation sites (tertiary alicyclic amines) is 1. The standard InChI is InChI=1S/C22H24F3N5O5S/c1-21(2,22(23,24)25)35-20(31)29-10-8-14(9-11-29)30-18-17(12-28-30)19(27-13-26-18)34-15-4-6-16(7-5-15)36(3,32)33/h4-7,12-14H,8-11H2,1-3H3. The molecule has 1 aliphatic rings. The van der Waals surface area contributed by atoms with Crippen molar-refractivity contribution >= 4 is 27.0 Å². The molecule has 10 nitrogen and oxygen atoms in total. The van der Waals surface area contributed by atoms with Crippen LogP contribution in [0.15, 0.2) is 41.7 Å². The molecule has 1 aliphatic heterocycles. The molecule has 0 bridgehead atoms. The van der Waals surface area contributed by atoms with Crippen molar-refractivity contribution in [1.29, 1.82) is 0 Å². The van der Waals surface area contributed by atoms with E-state index in [-0.39, 0.29) is 29.9 Å². The fraction of sp³-hybridized carbons (Fsp3) is 0.455. The monoisotopic (exact) mass is 527 g/mol. The molecular formula is C22H24F3N5O5S. The third kappa shape index (κ3) is 5.22. The predicted molar refractivity (Wildman–Crippen MR) is 121 cm³/mol. The molecule has 4 rings (SSSR count). The molecule has 0 radical (unpaired) electrons. The minimum absolute atomic E-state index is 0.154. The molecule has 36 heavy (non-hydrogen) atoms. The van der Waals surface area contributed by atoms with Crippen LogP contribution in [0.4, 0.5) is 18.0 Å². The Morgan fingerprint density at radius 1 is 1.08 bits per heavy atom. The number of aromatic nitrogens is 4. The number of benzene rings is 1. The number of hydrogen-bond acceptors (Lipinski definition) is 8. The highest BCUT2D eigenvalue weighted by molar-refractivity contribution is 7.90. The maximum absolute atomic E-state index is 13.0. The molecule has 3 aromatic rings. The van der Waals surface area contributed by atoms with Crippen molar-refractivity contribution in [3.63, 3.8) is 0 Å². The number of piperidine rings is 1. The Kier molecular flexibility index (Phi) is 6.58. The van der Waals surface area contributed by atoms with Crippen LogP contribution >= 0.6 is 0 Å². The van der Waals surface area contributed by atoms with E-state index < -0.39 is 27.7 Å². The number of carbonyl (C=O) groups excluding carboxylic acids is 1. The van der Waals surface area contributed by atoms with Gasteiger partial charge in [0, 0.05) is 19.3 Å². The van der Waals surface area contributed by atoms with E-state index in [0.29, 0.717) is 29.6 Å². The maximum Gasteiger partial charge on any atom is 0.427 e. The van der Waals surface area contributed by atoms with Crippen LogP contribution in [0.1, 0.15) is 32.7 Å². The fourth-order valence-electron chi connectivity index (χ4n) is 3.69. The van der Waals surface area contributed by atoms with Crippen LogP contribution in [0.25, 0.3) is 11.0 Å². The summed E-state index contributed by atoms with van der Waals surface area (Å²) >= 11 is 0. The third-order valence-corrected chi connectivity index (χ3v) is 7.04. The highest BCUT2D eigenvalue weighted by Gasteiger charge is 2.51. The largest absolute Gasteiger partial charge is 0.438 e. The highest BCUT2D eigenvalue weighted by Crippen LogP contribution is 2.35. The topological polar surface area (TPSA) is 117 Å². The van der Waals surface area contributed by atoms with Crippen molar-refractivity contribution in [1.82, 2.24) is 24.6 Å². The number of rotatable bonds is 5. The number of ether oxygens (including phenoxy) is 2. The normalized spacial score (nSPS) is 15.8. The number of sulfone groups is 1. The zero-order valence-electron chi connectivity index (χ0n) is 19.7. The van der Waals surface area contributed by atoms with Gasteiger partial charge in [0.1, 0.15) is 17.5 Å². The number of halogens is 3. The van der Waals surface area contributed by atoms with Crippen LogP contribution < -0.4 is 4.74 Å². The van der Waals surface area contributed by atoms with E-state index in [2.05, 4.69) is 15.1 Å². The van der Waals surface area contributed by atoms with Crippen molar-refractivity contribution in [2.75, 3.05) is 19.3 Å². The Hall–Kier alpha value is -3.42. The first-order valence-electron chi connectivity index (χ1n) is 11.0. The molecule has 194 valence electrons. The molecule has 0 atom stereocenters. The van der Waals surface area contributed by atoms with Crippen LogP contribution in [0.2, 0.25) is 0 Å². The predicted octanol–water partition coefficient (Wildman–Crippen LogP) is 4.14. The number of fused-ring (bicyclic) bond motifs is 1. The first-order chi connectivity index (χ1) is 16.8. The zero-order valence-corrected chi connectivity index (χ0v) is 20.5. The second kappa shape index (κ2) is 9.22. The van der Waals surface area contributed by atoms with Gasteiger partial charge in [-0.1, -0.05) is 0 Å². The Morgan fingerprint density at radius 3 is 2.31 bits per heavy atom. The summed E-state index contributed by atoms with van der Waals surface area (Å²) in [7, 11) is -3.34. The van der Waals surface area contributed by atoms with E-state index in [0.717, 1.165) is 20.1 Å². The minimum atomic E-state index is -4.68. The number of nitrogens with zero attached hydrogens (tertiary/aromatic N) is 5. The van der Waals surface area contributed by atoms with Crippen LogP contribution in [0.3, 0.4) is 0 Å². The van der Waals surface area contributed by atoms with Crippen LogP contribution in [0, 0.1) is 0 Å². The average molecular weight is 528 g/mol. The van der Waals surface area contributed by atoms with Crippen molar-refractivity contribution in [2.24, 2.45) is 0 Å². The molecule has 3 heterocycles. The lowest BCUT2D eigenvalue weighted by Gasteiger charge is -2.35. The smallest absolute Gasteiger partial charge is 0.427 e. The van der Waals surface area contributed by atoms with E-state index in [4.69, 9.17) is 9.47 Å². The highest BCUT2D eigenvalue weighted by atomic mass is 32.2. The van der Waals surface area contributed by atoms with Crippen LogP contribution in [-0.4, -0.2) is 70.3 Å². The molecule has 0 saturated carbocycles. The molecule has 0 spiro atoms. The summed E-state index contributed by atoms with van der Waals surface area (Å²) in [5.41, 5.74) is -2.09. The summed E-state index contributed by atoms with van der Waals surface area (Å²) in [6, 6.07) is 5.74. The van der Waals surface area contributed by atoms with E-state index in [9.17, 15) is 26.4 Å². The van der Waals surface area contributed by atoms with Gasteiger partial charge in [0.25, 0.3) is 0 Å². The first kappa shape index (κ1) is 25.7. The molecule has 1 fully saturated rings. The molecule has 0 N–H and O–H groups in total. The molecule has 0 aliphatic carbocycles. The van der Waals surface area contributed by atoms with Crippen LogP contribution in [0.5, 0.6) is 11.6 Å². The van der Waals surface area contributed by atoms with Crippen molar-refractivity contribution in [3.05, 3.63) is 36.8 Å². The minimum Gasteiger partial charge on any atom is -0.438 e. The molecule has 2 aromatic heterocycles. The van der Waals surface area contributed by atoms with Gasteiger partial charge in [-0.05, 0) is 51.0 Å². The SMILES string of the molecule is CC(C)(OC(=O)N1CCC(n2ncc3c(Oc4ccc(S(C)(=O)=O)cc4)ncnc32)CC1)C(F)(F)F. The molecule has 1 amide bonds. The summed E-state index contributed by atoms with van der Waals surface area (Å²) < 4.78 is 74.6. The van der Waals surface area contributed by atoms with Crippen molar-refractivity contribution < 1.29 is 35.9 Å². The van der Waals surface area contributed by atoms with E-state index in [1.165, 1.54) is 35.5 Å². The Balaban J connectivity index is 1.45. The van der Waals surface area contributed by atoms with Crippen LogP contribution in [-0.2, 0) is 14.6 Å². The van der Waals surface area contributed by atoms with Gasteiger partial charge in [-0.3, -0.25) is 0 Å². The summed E-state index contributed by atoms with van der Waals surface area (Å²) in [6.07, 6.45) is -0.849. The summed E-state index contributed by atoms with van der Waals surface area (Å²) in [6.45, 7) is 2.01.